The van der Waals surface area contributed by atoms with Crippen LogP contribution in [0.2, 0.25) is 0 Å². The molecule has 0 saturated carbocycles. The molecule has 1 spiro atoms. The molecule has 216 valence electrons. The van der Waals surface area contributed by atoms with Crippen LogP contribution in [-0.2, 0) is 21.4 Å². The number of carbonyl (C=O) groups excluding carboxylic acids is 3. The van der Waals surface area contributed by atoms with Crippen molar-refractivity contribution < 1.29 is 19.1 Å². The average molecular weight is 563 g/mol. The van der Waals surface area contributed by atoms with Gasteiger partial charge in [-0.15, -0.1) is 0 Å². The maximum Gasteiger partial charge on any atom is 0.238 e. The molecule has 3 aromatic carbocycles. The molecule has 1 amide bonds. The Hall–Kier alpha value is -4.19. The number of nitrogens with zero attached hydrogens (tertiary/aromatic N) is 1. The predicted molar refractivity (Wildman–Crippen MR) is 166 cm³/mol. The largest absolute Gasteiger partial charge is 0.497 e. The van der Waals surface area contributed by atoms with E-state index >= 15 is 0 Å². The van der Waals surface area contributed by atoms with Gasteiger partial charge in [-0.05, 0) is 47.7 Å². The number of anilines is 2. The highest BCUT2D eigenvalue weighted by Gasteiger charge is 2.70. The highest BCUT2D eigenvalue weighted by atomic mass is 16.5. The predicted octanol–water partition coefficient (Wildman–Crippen LogP) is 6.48. The van der Waals surface area contributed by atoms with Gasteiger partial charge in [0, 0.05) is 27.9 Å². The number of carbonyl (C=O) groups is 3. The number of methoxy groups -OCH3 is 1. The van der Waals surface area contributed by atoms with Crippen LogP contribution in [0.25, 0.3) is 6.08 Å². The molecule has 1 fully saturated rings. The van der Waals surface area contributed by atoms with Crippen LogP contribution in [0, 0.1) is 17.3 Å². The van der Waals surface area contributed by atoms with Crippen molar-refractivity contribution in [1.82, 2.24) is 0 Å². The number of Topliss-reactive ketones (excluding diaryl/α,β-unsaturated/α-hetero) is 2. The van der Waals surface area contributed by atoms with Crippen LogP contribution in [0.4, 0.5) is 11.4 Å². The average Bonchev–Trinajstić information content (AvgIpc) is 3.43. The van der Waals surface area contributed by atoms with E-state index in [2.05, 4.69) is 19.2 Å². The van der Waals surface area contributed by atoms with E-state index in [0.717, 1.165) is 28.8 Å². The van der Waals surface area contributed by atoms with Crippen molar-refractivity contribution in [2.75, 3.05) is 17.3 Å². The lowest BCUT2D eigenvalue weighted by molar-refractivity contribution is -0.128. The summed E-state index contributed by atoms with van der Waals surface area (Å²) in [6.07, 6.45) is 4.89. The number of para-hydroxylation sites is 1. The van der Waals surface area contributed by atoms with Gasteiger partial charge in [-0.25, -0.2) is 0 Å². The summed E-state index contributed by atoms with van der Waals surface area (Å²) in [5.41, 5.74) is 2.73. The fraction of sp³-hybridized carbons (Fsp3) is 0.361. The third-order valence-electron chi connectivity index (χ3n) is 9.01. The van der Waals surface area contributed by atoms with Crippen molar-refractivity contribution in [3.8, 4) is 5.75 Å². The normalized spacial score (nSPS) is 23.9. The summed E-state index contributed by atoms with van der Waals surface area (Å²) >= 11 is 0. The Labute approximate surface area is 247 Å². The van der Waals surface area contributed by atoms with Crippen molar-refractivity contribution in [3.63, 3.8) is 0 Å². The Balaban J connectivity index is 1.61. The lowest BCUT2D eigenvalue weighted by Gasteiger charge is -2.38. The topological polar surface area (TPSA) is 75.7 Å². The van der Waals surface area contributed by atoms with Gasteiger partial charge in [0.1, 0.15) is 17.2 Å². The first kappa shape index (κ1) is 28.0. The maximum atomic E-state index is 14.9. The van der Waals surface area contributed by atoms with Gasteiger partial charge in [-0.2, -0.15) is 0 Å². The minimum absolute atomic E-state index is 0.0756. The van der Waals surface area contributed by atoms with E-state index in [1.807, 2.05) is 105 Å². The van der Waals surface area contributed by atoms with Gasteiger partial charge in [0.15, 0.2) is 11.6 Å². The number of rotatable bonds is 6. The van der Waals surface area contributed by atoms with Crippen LogP contribution in [0.15, 0.2) is 72.8 Å². The zero-order chi connectivity index (χ0) is 30.0. The maximum absolute atomic E-state index is 14.9. The first-order chi connectivity index (χ1) is 20.0. The van der Waals surface area contributed by atoms with Gasteiger partial charge in [-0.1, -0.05) is 89.2 Å². The Kier molecular flexibility index (Phi) is 6.64. The lowest BCUT2D eigenvalue weighted by atomic mass is 9.63. The molecule has 3 aliphatic heterocycles. The molecule has 3 aliphatic rings. The molecule has 3 aromatic rings. The van der Waals surface area contributed by atoms with E-state index in [4.69, 9.17) is 4.74 Å². The molecule has 0 unspecified atom stereocenters. The molecule has 6 rings (SSSR count). The Bertz CT molecular complexity index is 1610. The van der Waals surface area contributed by atoms with Crippen LogP contribution in [0.1, 0.15) is 61.7 Å². The second-order valence-electron chi connectivity index (χ2n) is 13.2. The molecule has 0 radical (unpaired) electrons. The first-order valence-corrected chi connectivity index (χ1v) is 14.7. The fourth-order valence-electron chi connectivity index (χ4n) is 7.18. The molecule has 0 bridgehead atoms. The highest BCUT2D eigenvalue weighted by Crippen LogP contribution is 2.58. The molecular weight excluding hydrogens is 524 g/mol. The minimum Gasteiger partial charge on any atom is -0.497 e. The molecule has 0 aromatic heterocycles. The van der Waals surface area contributed by atoms with E-state index in [1.165, 1.54) is 0 Å². The van der Waals surface area contributed by atoms with E-state index < -0.39 is 28.8 Å². The van der Waals surface area contributed by atoms with Crippen molar-refractivity contribution in [2.24, 2.45) is 17.3 Å². The third kappa shape index (κ3) is 4.11. The van der Waals surface area contributed by atoms with Crippen LogP contribution >= 0.6 is 0 Å². The summed E-state index contributed by atoms with van der Waals surface area (Å²) in [6, 6.07) is 19.6. The summed E-state index contributed by atoms with van der Waals surface area (Å²) in [5, 5.41) is 3.09. The first-order valence-electron chi connectivity index (χ1n) is 14.7. The Morgan fingerprint density at radius 3 is 2.40 bits per heavy atom. The van der Waals surface area contributed by atoms with Crippen LogP contribution in [0.3, 0.4) is 0 Å². The number of hydrogen-bond donors (Lipinski definition) is 1. The number of nitrogens with one attached hydrogen (secondary N) is 1. The van der Waals surface area contributed by atoms with Gasteiger partial charge in [0.25, 0.3) is 0 Å². The van der Waals surface area contributed by atoms with Crippen molar-refractivity contribution in [2.45, 2.75) is 58.5 Å². The van der Waals surface area contributed by atoms with Gasteiger partial charge >= 0.3 is 0 Å². The molecule has 1 N–H and O–H groups in total. The Morgan fingerprint density at radius 1 is 1.02 bits per heavy atom. The Morgan fingerprint density at radius 2 is 1.74 bits per heavy atom. The quantitative estimate of drug-likeness (QED) is 0.348. The summed E-state index contributed by atoms with van der Waals surface area (Å²) in [7, 11) is 1.62. The molecule has 42 heavy (non-hydrogen) atoms. The highest BCUT2D eigenvalue weighted by molar-refractivity contribution is 6.17. The van der Waals surface area contributed by atoms with Gasteiger partial charge < -0.3 is 15.0 Å². The third-order valence-corrected chi connectivity index (χ3v) is 9.01. The SMILES string of the molecule is COc1ccc2c(c1)C=C[C@@H]1N2[C@H](C(=O)C(C)(C)C)[C@@H](C(=O)c2ccc(CC(C)C)cc2)[C@]12C(=O)Nc1ccccc12. The number of fused-ring (bicyclic) bond motifs is 6. The molecule has 4 atom stereocenters. The zero-order valence-corrected chi connectivity index (χ0v) is 25.1. The fourth-order valence-corrected chi connectivity index (χ4v) is 7.18. The van der Waals surface area contributed by atoms with Crippen LogP contribution in [-0.4, -0.2) is 36.7 Å². The van der Waals surface area contributed by atoms with Crippen molar-refractivity contribution >= 4 is 34.9 Å². The second kappa shape index (κ2) is 9.97. The van der Waals surface area contributed by atoms with Crippen molar-refractivity contribution in [1.29, 1.82) is 0 Å². The van der Waals surface area contributed by atoms with E-state index in [-0.39, 0.29) is 17.5 Å². The van der Waals surface area contributed by atoms with Gasteiger partial charge in [0.2, 0.25) is 5.91 Å². The molecule has 6 nitrogen and oxygen atoms in total. The smallest absolute Gasteiger partial charge is 0.238 e. The van der Waals surface area contributed by atoms with Crippen LogP contribution in [0.5, 0.6) is 5.75 Å². The second-order valence-corrected chi connectivity index (χ2v) is 13.2. The summed E-state index contributed by atoms with van der Waals surface area (Å²) in [5.74, 6) is -0.293. The number of ether oxygens (including phenoxy) is 1. The lowest BCUT2D eigenvalue weighted by Crippen LogP contribution is -2.51. The van der Waals surface area contributed by atoms with Gasteiger partial charge in [-0.3, -0.25) is 14.4 Å². The molecular formula is C36H38N2O4. The number of amides is 1. The standard InChI is InChI=1S/C36H38N2O4/c1-21(2)19-22-11-13-23(14-12-22)32(39)30-31(33(40)35(3,4)5)38-28-17-16-25(42-6)20-24(28)15-18-29(38)36(30)26-9-7-8-10-27(26)37-34(36)41/h7-18,20-21,29-31H,19H2,1-6H3,(H,37,41)/t29-,30-,31-,36+/m0/s1. The zero-order valence-electron chi connectivity index (χ0n) is 25.1. The summed E-state index contributed by atoms with van der Waals surface area (Å²) in [6.45, 7) is 9.98. The molecule has 6 heteroatoms. The monoisotopic (exact) mass is 562 g/mol. The van der Waals surface area contributed by atoms with E-state index in [1.54, 1.807) is 7.11 Å². The number of benzene rings is 3. The van der Waals surface area contributed by atoms with E-state index in [9.17, 15) is 14.4 Å². The minimum atomic E-state index is -1.30. The van der Waals surface area contributed by atoms with Crippen molar-refractivity contribution in [3.05, 3.63) is 95.1 Å². The van der Waals surface area contributed by atoms with Gasteiger partial charge in [0.05, 0.1) is 19.1 Å². The van der Waals surface area contributed by atoms with E-state index in [0.29, 0.717) is 22.9 Å². The van der Waals surface area contributed by atoms with Crippen LogP contribution < -0.4 is 15.0 Å². The molecule has 0 aliphatic carbocycles. The summed E-state index contributed by atoms with van der Waals surface area (Å²) < 4.78 is 5.49. The summed E-state index contributed by atoms with van der Waals surface area (Å²) in [4.78, 5) is 45.9. The number of ketones is 2. The molecule has 1 saturated heterocycles. The number of hydrogen-bond acceptors (Lipinski definition) is 5. The molecule has 3 heterocycles.